The Hall–Kier alpha value is -1.77. The minimum atomic E-state index is 0.0470. The Morgan fingerprint density at radius 2 is 2.00 bits per heavy atom. The average molecular weight is 216 g/mol. The van der Waals surface area contributed by atoms with Crippen molar-refractivity contribution in [3.8, 4) is 5.69 Å². The van der Waals surface area contributed by atoms with E-state index in [-0.39, 0.29) is 5.56 Å². The molecule has 0 fully saturated rings. The van der Waals surface area contributed by atoms with Gasteiger partial charge in [-0.3, -0.25) is 9.89 Å². The van der Waals surface area contributed by atoms with Crippen LogP contribution >= 0.6 is 0 Å². The Balaban J connectivity index is 2.55. The van der Waals surface area contributed by atoms with Crippen LogP contribution in [0.3, 0.4) is 0 Å². The lowest BCUT2D eigenvalue weighted by Gasteiger charge is -2.05. The van der Waals surface area contributed by atoms with Crippen molar-refractivity contribution in [3.05, 3.63) is 51.4 Å². The fourth-order valence-electron chi connectivity index (χ4n) is 1.72. The summed E-state index contributed by atoms with van der Waals surface area (Å²) in [5.41, 5.74) is 4.19. The van der Waals surface area contributed by atoms with Crippen LogP contribution in [0.4, 0.5) is 0 Å². The number of hydrogen-bond acceptors (Lipinski definition) is 1. The molecule has 0 amide bonds. The lowest BCUT2D eigenvalue weighted by Crippen LogP contribution is -2.17. The molecule has 84 valence electrons. The number of nitrogens with one attached hydrogen (secondary N) is 1. The summed E-state index contributed by atoms with van der Waals surface area (Å²) >= 11 is 0. The molecule has 0 bridgehead atoms. The van der Waals surface area contributed by atoms with Crippen LogP contribution < -0.4 is 5.56 Å². The number of aryl methyl sites for hydroxylation is 3. The van der Waals surface area contributed by atoms with Crippen LogP contribution in [0.2, 0.25) is 0 Å². The molecular weight excluding hydrogens is 200 g/mol. The van der Waals surface area contributed by atoms with E-state index in [9.17, 15) is 4.79 Å². The van der Waals surface area contributed by atoms with Crippen molar-refractivity contribution in [2.45, 2.75) is 27.2 Å². The van der Waals surface area contributed by atoms with Crippen LogP contribution in [-0.2, 0) is 6.42 Å². The highest BCUT2D eigenvalue weighted by Crippen LogP contribution is 2.12. The number of nitrogens with zero attached hydrogens (tertiary/aromatic N) is 1. The summed E-state index contributed by atoms with van der Waals surface area (Å²) < 4.78 is 1.59. The number of H-pyrrole nitrogens is 1. The number of rotatable bonds is 2. The largest absolute Gasteiger partial charge is 0.298 e. The summed E-state index contributed by atoms with van der Waals surface area (Å²) in [7, 11) is 0. The zero-order valence-corrected chi connectivity index (χ0v) is 9.87. The van der Waals surface area contributed by atoms with Crippen LogP contribution in [0.25, 0.3) is 5.69 Å². The van der Waals surface area contributed by atoms with E-state index in [0.29, 0.717) is 0 Å². The molecule has 1 heterocycles. The maximum atomic E-state index is 11.9. The summed E-state index contributed by atoms with van der Waals surface area (Å²) in [6, 6.07) is 6.01. The first-order chi connectivity index (χ1) is 7.63. The smallest absolute Gasteiger partial charge is 0.274 e. The Morgan fingerprint density at radius 1 is 1.25 bits per heavy atom. The van der Waals surface area contributed by atoms with Gasteiger partial charge in [0, 0.05) is 11.8 Å². The molecular formula is C13H16N2O. The van der Waals surface area contributed by atoms with Gasteiger partial charge >= 0.3 is 0 Å². The van der Waals surface area contributed by atoms with Crippen molar-refractivity contribution >= 4 is 0 Å². The lowest BCUT2D eigenvalue weighted by atomic mass is 10.1. The number of benzene rings is 1. The van der Waals surface area contributed by atoms with E-state index in [4.69, 9.17) is 0 Å². The Labute approximate surface area is 94.7 Å². The van der Waals surface area contributed by atoms with Gasteiger partial charge < -0.3 is 0 Å². The van der Waals surface area contributed by atoms with Crippen molar-refractivity contribution in [2.24, 2.45) is 0 Å². The molecule has 0 radical (unpaired) electrons. The monoisotopic (exact) mass is 216 g/mol. The van der Waals surface area contributed by atoms with Gasteiger partial charge in [-0.15, -0.1) is 0 Å². The first-order valence-electron chi connectivity index (χ1n) is 5.50. The standard InChI is InChI=1S/C13H16N2O/c1-4-11-8-14-15(13(11)16)12-6-5-9(2)10(3)7-12/h5-8,14H,4H2,1-3H3. The van der Waals surface area contributed by atoms with E-state index in [1.807, 2.05) is 32.0 Å². The van der Waals surface area contributed by atoms with Gasteiger partial charge in [-0.2, -0.15) is 0 Å². The fraction of sp³-hybridized carbons (Fsp3) is 0.308. The van der Waals surface area contributed by atoms with Crippen molar-refractivity contribution in [1.82, 2.24) is 9.78 Å². The van der Waals surface area contributed by atoms with E-state index in [1.165, 1.54) is 11.1 Å². The molecule has 0 unspecified atom stereocenters. The number of hydrogen-bond donors (Lipinski definition) is 1. The molecule has 1 N–H and O–H groups in total. The van der Waals surface area contributed by atoms with E-state index in [2.05, 4.69) is 12.0 Å². The fourth-order valence-corrected chi connectivity index (χ4v) is 1.72. The second kappa shape index (κ2) is 4.00. The minimum Gasteiger partial charge on any atom is -0.298 e. The quantitative estimate of drug-likeness (QED) is 0.822. The SMILES string of the molecule is CCc1c[nH]n(-c2ccc(C)c(C)c2)c1=O. The number of aromatic amines is 1. The predicted molar refractivity (Wildman–Crippen MR) is 65.2 cm³/mol. The molecule has 0 saturated heterocycles. The second-order valence-corrected chi connectivity index (χ2v) is 4.06. The summed E-state index contributed by atoms with van der Waals surface area (Å²) in [5, 5.41) is 2.99. The van der Waals surface area contributed by atoms with Crippen LogP contribution in [0.5, 0.6) is 0 Å². The molecule has 3 nitrogen and oxygen atoms in total. The molecule has 0 aliphatic carbocycles. The molecule has 2 rings (SSSR count). The average Bonchev–Trinajstić information content (AvgIpc) is 2.64. The van der Waals surface area contributed by atoms with E-state index >= 15 is 0 Å². The molecule has 2 aromatic rings. The van der Waals surface area contributed by atoms with Gasteiger partial charge in [0.1, 0.15) is 0 Å². The third-order valence-electron chi connectivity index (χ3n) is 2.98. The first kappa shape index (κ1) is 10.7. The van der Waals surface area contributed by atoms with Gasteiger partial charge in [-0.25, -0.2) is 4.68 Å². The number of aromatic nitrogens is 2. The first-order valence-corrected chi connectivity index (χ1v) is 5.50. The summed E-state index contributed by atoms with van der Waals surface area (Å²) in [6.45, 7) is 6.09. The minimum absolute atomic E-state index is 0.0470. The summed E-state index contributed by atoms with van der Waals surface area (Å²) in [5.74, 6) is 0. The van der Waals surface area contributed by atoms with Crippen molar-refractivity contribution in [1.29, 1.82) is 0 Å². The normalized spacial score (nSPS) is 10.7. The Kier molecular flexibility index (Phi) is 2.69. The topological polar surface area (TPSA) is 37.8 Å². The summed E-state index contributed by atoms with van der Waals surface area (Å²) in [4.78, 5) is 11.9. The third kappa shape index (κ3) is 1.69. The van der Waals surface area contributed by atoms with Gasteiger partial charge in [-0.1, -0.05) is 13.0 Å². The highest BCUT2D eigenvalue weighted by Gasteiger charge is 2.06. The zero-order chi connectivity index (χ0) is 11.7. The molecule has 1 aromatic carbocycles. The van der Waals surface area contributed by atoms with E-state index in [1.54, 1.807) is 10.9 Å². The maximum absolute atomic E-state index is 11.9. The van der Waals surface area contributed by atoms with Gasteiger partial charge in [0.25, 0.3) is 5.56 Å². The van der Waals surface area contributed by atoms with Gasteiger partial charge in [0.15, 0.2) is 0 Å². The molecule has 0 aliphatic rings. The van der Waals surface area contributed by atoms with Crippen LogP contribution in [0.1, 0.15) is 23.6 Å². The van der Waals surface area contributed by atoms with Gasteiger partial charge in [-0.05, 0) is 43.5 Å². The second-order valence-electron chi connectivity index (χ2n) is 4.06. The van der Waals surface area contributed by atoms with Crippen LogP contribution in [0.15, 0.2) is 29.2 Å². The molecule has 1 aromatic heterocycles. The molecule has 3 heteroatoms. The molecule has 0 spiro atoms. The van der Waals surface area contributed by atoms with Crippen LogP contribution in [0, 0.1) is 13.8 Å². The summed E-state index contributed by atoms with van der Waals surface area (Å²) in [6.07, 6.45) is 2.53. The predicted octanol–water partition coefficient (Wildman–Crippen LogP) is 2.34. The molecule has 16 heavy (non-hydrogen) atoms. The lowest BCUT2D eigenvalue weighted by molar-refractivity contribution is 0.844. The van der Waals surface area contributed by atoms with Crippen LogP contribution in [-0.4, -0.2) is 9.78 Å². The van der Waals surface area contributed by atoms with E-state index < -0.39 is 0 Å². The van der Waals surface area contributed by atoms with Crippen molar-refractivity contribution in [2.75, 3.05) is 0 Å². The molecule has 0 saturated carbocycles. The Bertz CT molecular complexity index is 564. The Morgan fingerprint density at radius 3 is 2.56 bits per heavy atom. The third-order valence-corrected chi connectivity index (χ3v) is 2.98. The van der Waals surface area contributed by atoms with E-state index in [0.717, 1.165) is 17.7 Å². The zero-order valence-electron chi connectivity index (χ0n) is 9.87. The van der Waals surface area contributed by atoms with Crippen molar-refractivity contribution in [3.63, 3.8) is 0 Å². The maximum Gasteiger partial charge on any atom is 0.274 e. The highest BCUT2D eigenvalue weighted by atomic mass is 16.1. The van der Waals surface area contributed by atoms with Gasteiger partial charge in [0.05, 0.1) is 5.69 Å². The molecule has 0 aliphatic heterocycles. The molecule has 0 atom stereocenters. The van der Waals surface area contributed by atoms with Crippen molar-refractivity contribution < 1.29 is 0 Å². The highest BCUT2D eigenvalue weighted by molar-refractivity contribution is 5.39. The van der Waals surface area contributed by atoms with Gasteiger partial charge in [0.2, 0.25) is 0 Å².